The number of rotatable bonds is 9. The highest BCUT2D eigenvalue weighted by Gasteiger charge is 2.24. The van der Waals surface area contributed by atoms with Crippen LogP contribution in [0, 0.1) is 12.8 Å². The van der Waals surface area contributed by atoms with E-state index in [1.807, 2.05) is 42.8 Å². The number of aryl methyl sites for hydroxylation is 1. The van der Waals surface area contributed by atoms with E-state index in [9.17, 15) is 9.59 Å². The Labute approximate surface area is 203 Å². The van der Waals surface area contributed by atoms with E-state index >= 15 is 0 Å². The first kappa shape index (κ1) is 24.8. The molecule has 0 unspecified atom stereocenters. The van der Waals surface area contributed by atoms with Crippen LogP contribution in [0.25, 0.3) is 0 Å². The number of benzene rings is 2. The number of hydrogen-bond acceptors (Lipinski definition) is 5. The van der Waals surface area contributed by atoms with Gasteiger partial charge in [-0.1, -0.05) is 61.5 Å². The lowest BCUT2D eigenvalue weighted by Crippen LogP contribution is -2.31. The molecule has 0 saturated carbocycles. The summed E-state index contributed by atoms with van der Waals surface area (Å²) < 4.78 is 1.82. The van der Waals surface area contributed by atoms with Crippen LogP contribution in [0.1, 0.15) is 48.1 Å². The second-order valence-corrected chi connectivity index (χ2v) is 9.59. The van der Waals surface area contributed by atoms with Crippen molar-refractivity contribution in [2.24, 2.45) is 13.0 Å². The summed E-state index contributed by atoms with van der Waals surface area (Å²) in [5.74, 6) is 0.753. The van der Waals surface area contributed by atoms with Gasteiger partial charge in [-0.3, -0.25) is 9.59 Å². The first-order valence-corrected chi connectivity index (χ1v) is 12.0. The number of aromatic nitrogens is 3. The third-order valence-electron chi connectivity index (χ3n) is 4.95. The molecule has 0 saturated heterocycles. The minimum Gasteiger partial charge on any atom is -0.342 e. The van der Waals surface area contributed by atoms with Crippen molar-refractivity contribution < 1.29 is 9.59 Å². The predicted molar refractivity (Wildman–Crippen MR) is 133 cm³/mol. The minimum absolute atomic E-state index is 0.124. The molecule has 9 heteroatoms. The molecule has 0 radical (unpaired) electrons. The fourth-order valence-electron chi connectivity index (χ4n) is 3.39. The number of carbonyl (C=O) groups is 2. The van der Waals surface area contributed by atoms with Crippen molar-refractivity contribution in [1.82, 2.24) is 20.1 Å². The molecule has 1 heterocycles. The quantitative estimate of drug-likeness (QED) is 0.415. The Morgan fingerprint density at radius 2 is 1.88 bits per heavy atom. The molecule has 7 nitrogen and oxygen atoms in total. The molecule has 0 spiro atoms. The van der Waals surface area contributed by atoms with Gasteiger partial charge < -0.3 is 15.2 Å². The molecule has 174 valence electrons. The molecule has 0 aliphatic rings. The van der Waals surface area contributed by atoms with E-state index in [4.69, 9.17) is 11.6 Å². The molecule has 0 aliphatic heterocycles. The van der Waals surface area contributed by atoms with Gasteiger partial charge in [-0.2, -0.15) is 0 Å². The van der Waals surface area contributed by atoms with Crippen LogP contribution >= 0.6 is 23.4 Å². The van der Waals surface area contributed by atoms with Gasteiger partial charge in [0.1, 0.15) is 0 Å². The SMILES string of the molecule is Cc1cccc(NC(=O)CSc2nnc([C@@H](CC(C)C)NC(=O)c3ccccc3Cl)n2C)c1. The molecule has 2 amide bonds. The largest absolute Gasteiger partial charge is 0.342 e. The van der Waals surface area contributed by atoms with Crippen molar-refractivity contribution in [3.8, 4) is 0 Å². The third-order valence-corrected chi connectivity index (χ3v) is 6.30. The van der Waals surface area contributed by atoms with E-state index < -0.39 is 0 Å². The maximum Gasteiger partial charge on any atom is 0.253 e. The Hall–Kier alpha value is -2.84. The molecular weight excluding hydrogens is 458 g/mol. The zero-order valence-corrected chi connectivity index (χ0v) is 20.7. The van der Waals surface area contributed by atoms with E-state index in [1.165, 1.54) is 11.8 Å². The average Bonchev–Trinajstić information content (AvgIpc) is 3.12. The van der Waals surface area contributed by atoms with E-state index in [2.05, 4.69) is 34.7 Å². The highest BCUT2D eigenvalue weighted by atomic mass is 35.5. The van der Waals surface area contributed by atoms with Gasteiger partial charge in [-0.25, -0.2) is 0 Å². The Balaban J connectivity index is 1.69. The Bertz CT molecular complexity index is 1130. The topological polar surface area (TPSA) is 88.9 Å². The Kier molecular flexibility index (Phi) is 8.52. The first-order valence-electron chi connectivity index (χ1n) is 10.7. The number of hydrogen-bond donors (Lipinski definition) is 2. The molecule has 1 atom stereocenters. The van der Waals surface area contributed by atoms with Crippen LogP contribution in [0.2, 0.25) is 5.02 Å². The number of nitrogens with one attached hydrogen (secondary N) is 2. The normalized spacial score (nSPS) is 11.9. The summed E-state index contributed by atoms with van der Waals surface area (Å²) >= 11 is 7.49. The number of nitrogens with zero attached hydrogens (tertiary/aromatic N) is 3. The predicted octanol–water partition coefficient (Wildman–Crippen LogP) is 5.02. The van der Waals surface area contributed by atoms with Crippen LogP contribution in [0.3, 0.4) is 0 Å². The lowest BCUT2D eigenvalue weighted by atomic mass is 10.0. The van der Waals surface area contributed by atoms with Gasteiger partial charge >= 0.3 is 0 Å². The Morgan fingerprint density at radius 3 is 2.58 bits per heavy atom. The third kappa shape index (κ3) is 6.82. The van der Waals surface area contributed by atoms with Crippen molar-refractivity contribution in [3.63, 3.8) is 0 Å². The second-order valence-electron chi connectivity index (χ2n) is 8.24. The molecule has 3 aromatic rings. The van der Waals surface area contributed by atoms with E-state index in [0.29, 0.717) is 33.9 Å². The highest BCUT2D eigenvalue weighted by molar-refractivity contribution is 7.99. The molecule has 0 bridgehead atoms. The maximum absolute atomic E-state index is 12.9. The summed E-state index contributed by atoms with van der Waals surface area (Å²) in [4.78, 5) is 25.2. The smallest absolute Gasteiger partial charge is 0.253 e. The lowest BCUT2D eigenvalue weighted by molar-refractivity contribution is -0.113. The summed E-state index contributed by atoms with van der Waals surface area (Å²) in [5.41, 5.74) is 2.25. The fraction of sp³-hybridized carbons (Fsp3) is 0.333. The van der Waals surface area contributed by atoms with Crippen molar-refractivity contribution >= 4 is 40.9 Å². The number of amides is 2. The molecule has 0 fully saturated rings. The number of thioether (sulfide) groups is 1. The van der Waals surface area contributed by atoms with Crippen LogP contribution in [0.15, 0.2) is 53.7 Å². The number of halogens is 1. The van der Waals surface area contributed by atoms with Crippen molar-refractivity contribution in [1.29, 1.82) is 0 Å². The summed E-state index contributed by atoms with van der Waals surface area (Å²) in [5, 5.41) is 15.5. The van der Waals surface area contributed by atoms with Gasteiger partial charge in [0.2, 0.25) is 5.91 Å². The summed E-state index contributed by atoms with van der Waals surface area (Å²) in [6.45, 7) is 6.14. The molecule has 2 N–H and O–H groups in total. The van der Waals surface area contributed by atoms with Crippen LogP contribution < -0.4 is 10.6 Å². The van der Waals surface area contributed by atoms with Gasteiger partial charge in [0.15, 0.2) is 11.0 Å². The van der Waals surface area contributed by atoms with Crippen LogP contribution in [-0.4, -0.2) is 32.3 Å². The molecule has 2 aromatic carbocycles. The second kappa shape index (κ2) is 11.3. The van der Waals surface area contributed by atoms with Crippen LogP contribution in [0.4, 0.5) is 5.69 Å². The van der Waals surface area contributed by atoms with Crippen molar-refractivity contribution in [2.75, 3.05) is 11.1 Å². The molecule has 33 heavy (non-hydrogen) atoms. The molecule has 0 aliphatic carbocycles. The molecule has 1 aromatic heterocycles. The monoisotopic (exact) mass is 485 g/mol. The first-order chi connectivity index (χ1) is 15.7. The summed E-state index contributed by atoms with van der Waals surface area (Å²) in [7, 11) is 1.84. The van der Waals surface area contributed by atoms with E-state index in [1.54, 1.807) is 24.3 Å². The van der Waals surface area contributed by atoms with Crippen LogP contribution in [0.5, 0.6) is 0 Å². The van der Waals surface area contributed by atoms with E-state index in [-0.39, 0.29) is 23.6 Å². The number of anilines is 1. The highest BCUT2D eigenvalue weighted by Crippen LogP contribution is 2.25. The summed E-state index contributed by atoms with van der Waals surface area (Å²) in [6.07, 6.45) is 0.681. The maximum atomic E-state index is 12.9. The zero-order chi connectivity index (χ0) is 24.0. The van der Waals surface area contributed by atoms with Crippen molar-refractivity contribution in [3.05, 3.63) is 70.5 Å². The fourth-order valence-corrected chi connectivity index (χ4v) is 4.33. The number of carbonyl (C=O) groups excluding carboxylic acids is 2. The van der Waals surface area contributed by atoms with Crippen molar-refractivity contribution in [2.45, 2.75) is 38.4 Å². The Morgan fingerprint density at radius 1 is 1.12 bits per heavy atom. The van der Waals surface area contributed by atoms with Gasteiger partial charge in [-0.15, -0.1) is 10.2 Å². The molecular formula is C24H28ClN5O2S. The zero-order valence-electron chi connectivity index (χ0n) is 19.1. The summed E-state index contributed by atoms with van der Waals surface area (Å²) in [6, 6.07) is 14.2. The van der Waals surface area contributed by atoms with Gasteiger partial charge in [0.25, 0.3) is 5.91 Å². The van der Waals surface area contributed by atoms with Gasteiger partial charge in [0.05, 0.1) is 22.4 Å². The lowest BCUT2D eigenvalue weighted by Gasteiger charge is -2.20. The molecule has 3 rings (SSSR count). The standard InChI is InChI=1S/C24H28ClN5O2S/c1-15(2)12-20(27-23(32)18-10-5-6-11-19(18)25)22-28-29-24(30(22)4)33-14-21(31)26-17-9-7-8-16(3)13-17/h5-11,13,15,20H,12,14H2,1-4H3,(H,26,31)(H,27,32)/t20-/m1/s1. The average molecular weight is 486 g/mol. The van der Waals surface area contributed by atoms with Gasteiger partial charge in [0, 0.05) is 12.7 Å². The minimum atomic E-state index is -0.346. The van der Waals surface area contributed by atoms with Crippen LogP contribution in [-0.2, 0) is 11.8 Å². The van der Waals surface area contributed by atoms with E-state index in [0.717, 1.165) is 11.3 Å². The van der Waals surface area contributed by atoms with Gasteiger partial charge in [-0.05, 0) is 49.1 Å².